The molecule has 0 saturated carbocycles. The molecule has 216 valence electrons. The van der Waals surface area contributed by atoms with Crippen molar-refractivity contribution in [2.75, 3.05) is 56.7 Å². The summed E-state index contributed by atoms with van der Waals surface area (Å²) in [5, 5.41) is 3.36. The highest BCUT2D eigenvalue weighted by molar-refractivity contribution is 5.95. The average molecular weight is 562 g/mol. The van der Waals surface area contributed by atoms with Gasteiger partial charge in [0.25, 0.3) is 0 Å². The van der Waals surface area contributed by atoms with Crippen LogP contribution >= 0.6 is 0 Å². The quantitative estimate of drug-likeness (QED) is 0.396. The Morgan fingerprint density at radius 2 is 1.78 bits per heavy atom. The zero-order chi connectivity index (χ0) is 28.9. The lowest BCUT2D eigenvalue weighted by Gasteiger charge is -2.39. The van der Waals surface area contributed by atoms with Crippen LogP contribution in [0.3, 0.4) is 0 Å². The van der Waals surface area contributed by atoms with Gasteiger partial charge < -0.3 is 19.7 Å². The molecule has 3 aromatic rings. The number of halogens is 1. The molecule has 1 fully saturated rings. The normalized spacial score (nSPS) is 17.3. The molecule has 1 saturated heterocycles. The van der Waals surface area contributed by atoms with Gasteiger partial charge in [0.15, 0.2) is 0 Å². The van der Waals surface area contributed by atoms with Crippen molar-refractivity contribution in [3.8, 4) is 0 Å². The van der Waals surface area contributed by atoms with Gasteiger partial charge in [-0.2, -0.15) is 4.98 Å². The molecule has 2 aromatic carbocycles. The van der Waals surface area contributed by atoms with E-state index in [-0.39, 0.29) is 12.4 Å². The van der Waals surface area contributed by atoms with Gasteiger partial charge in [-0.3, -0.25) is 9.47 Å². The number of ether oxygens (including phenoxy) is 2. The van der Waals surface area contributed by atoms with Crippen molar-refractivity contribution in [1.29, 1.82) is 0 Å². The number of carbonyl (C=O) groups excluding carboxylic acids is 1. The molecule has 0 radical (unpaired) electrons. The molecular weight excluding hydrogens is 525 g/mol. The minimum absolute atomic E-state index is 0.212. The van der Waals surface area contributed by atoms with Crippen LogP contribution in [0.4, 0.5) is 16.0 Å². The number of benzene rings is 2. The number of carbonyl (C=O) groups is 1. The SMILES string of the molecule is CCOC(=O)C1=C(C)Nc2c(c(N3CCN(Cc4ccccc4F)CC3)nc(=O)n2CCOC)C1c1ccccc1. The second kappa shape index (κ2) is 12.7. The Morgan fingerprint density at radius 1 is 1.07 bits per heavy atom. The van der Waals surface area contributed by atoms with E-state index < -0.39 is 17.6 Å². The Hall–Kier alpha value is -4.02. The summed E-state index contributed by atoms with van der Waals surface area (Å²) in [6.07, 6.45) is 0. The van der Waals surface area contributed by atoms with Crippen molar-refractivity contribution in [3.05, 3.63) is 98.9 Å². The number of anilines is 2. The molecule has 5 rings (SSSR count). The standard InChI is InChI=1S/C31H36FN5O4/c1-4-41-30(38)25-21(2)33-29-27(26(25)22-10-6-5-7-11-22)28(34-31(39)37(29)18-19-40-3)36-16-14-35(15-17-36)20-23-12-8-9-13-24(23)32/h5-13,26,33H,4,14-20H2,1-3H3. The van der Waals surface area contributed by atoms with Crippen LogP contribution in [-0.4, -0.2) is 66.9 Å². The van der Waals surface area contributed by atoms with Gasteiger partial charge in [0.1, 0.15) is 17.5 Å². The Bertz CT molecular complexity index is 1480. The fraction of sp³-hybridized carbons (Fsp3) is 0.387. The molecule has 0 aliphatic carbocycles. The van der Waals surface area contributed by atoms with E-state index in [9.17, 15) is 14.0 Å². The van der Waals surface area contributed by atoms with Gasteiger partial charge in [-0.1, -0.05) is 48.5 Å². The number of piperazine rings is 1. The first-order valence-electron chi connectivity index (χ1n) is 14.0. The fourth-order valence-corrected chi connectivity index (χ4v) is 5.64. The third kappa shape index (κ3) is 5.89. The number of hydrogen-bond acceptors (Lipinski definition) is 8. The molecule has 0 bridgehead atoms. The fourth-order valence-electron chi connectivity index (χ4n) is 5.64. The number of nitrogens with one attached hydrogen (secondary N) is 1. The second-order valence-electron chi connectivity index (χ2n) is 10.2. The zero-order valence-electron chi connectivity index (χ0n) is 23.7. The van der Waals surface area contributed by atoms with Crippen molar-refractivity contribution in [1.82, 2.24) is 14.5 Å². The molecule has 2 aliphatic heterocycles. The minimum Gasteiger partial charge on any atom is -0.463 e. The van der Waals surface area contributed by atoms with Crippen molar-refractivity contribution in [2.24, 2.45) is 0 Å². The molecule has 1 aromatic heterocycles. The number of aromatic nitrogens is 2. The van der Waals surface area contributed by atoms with Gasteiger partial charge in [-0.05, 0) is 25.5 Å². The van der Waals surface area contributed by atoms with Gasteiger partial charge in [0.2, 0.25) is 0 Å². The van der Waals surface area contributed by atoms with Gasteiger partial charge >= 0.3 is 11.7 Å². The summed E-state index contributed by atoms with van der Waals surface area (Å²) < 4.78 is 26.7. The van der Waals surface area contributed by atoms with Crippen LogP contribution in [0.2, 0.25) is 0 Å². The maximum Gasteiger partial charge on any atom is 0.351 e. The summed E-state index contributed by atoms with van der Waals surface area (Å²) in [5.74, 6) is 0.0213. The highest BCUT2D eigenvalue weighted by atomic mass is 19.1. The van der Waals surface area contributed by atoms with E-state index in [2.05, 4.69) is 20.1 Å². The van der Waals surface area contributed by atoms with E-state index >= 15 is 0 Å². The van der Waals surface area contributed by atoms with Crippen LogP contribution in [0, 0.1) is 5.82 Å². The largest absolute Gasteiger partial charge is 0.463 e. The zero-order valence-corrected chi connectivity index (χ0v) is 23.7. The van der Waals surface area contributed by atoms with Crippen LogP contribution < -0.4 is 15.9 Å². The molecular formula is C31H36FN5O4. The predicted octanol–water partition coefficient (Wildman–Crippen LogP) is 3.75. The summed E-state index contributed by atoms with van der Waals surface area (Å²) in [4.78, 5) is 35.7. The molecule has 1 unspecified atom stereocenters. The van der Waals surface area contributed by atoms with Gasteiger partial charge in [0, 0.05) is 56.7 Å². The predicted molar refractivity (Wildman–Crippen MR) is 156 cm³/mol. The first kappa shape index (κ1) is 28.5. The van der Waals surface area contributed by atoms with E-state index in [1.165, 1.54) is 6.07 Å². The van der Waals surface area contributed by atoms with E-state index in [1.807, 2.05) is 43.3 Å². The van der Waals surface area contributed by atoms with E-state index in [4.69, 9.17) is 9.47 Å². The van der Waals surface area contributed by atoms with Crippen LogP contribution in [0.25, 0.3) is 0 Å². The van der Waals surface area contributed by atoms with Gasteiger partial charge in [-0.15, -0.1) is 0 Å². The maximum atomic E-state index is 14.3. The summed E-state index contributed by atoms with van der Waals surface area (Å²) in [7, 11) is 1.59. The Labute approximate surface area is 239 Å². The smallest absolute Gasteiger partial charge is 0.351 e. The lowest BCUT2D eigenvalue weighted by Crippen LogP contribution is -2.48. The molecule has 0 spiro atoms. The number of fused-ring (bicyclic) bond motifs is 1. The second-order valence-corrected chi connectivity index (χ2v) is 10.2. The lowest BCUT2D eigenvalue weighted by molar-refractivity contribution is -0.138. The summed E-state index contributed by atoms with van der Waals surface area (Å²) in [6.45, 7) is 7.51. The molecule has 2 aliphatic rings. The first-order valence-corrected chi connectivity index (χ1v) is 14.0. The molecule has 9 nitrogen and oxygen atoms in total. The minimum atomic E-state index is -0.500. The number of methoxy groups -OCH3 is 1. The van der Waals surface area contributed by atoms with E-state index in [1.54, 1.807) is 30.7 Å². The number of allylic oxidation sites excluding steroid dienone is 1. The summed E-state index contributed by atoms with van der Waals surface area (Å²) in [6, 6.07) is 16.6. The van der Waals surface area contributed by atoms with Crippen molar-refractivity contribution < 1.29 is 18.7 Å². The third-order valence-electron chi connectivity index (χ3n) is 7.66. The summed E-state index contributed by atoms with van der Waals surface area (Å²) >= 11 is 0. The third-order valence-corrected chi connectivity index (χ3v) is 7.66. The summed E-state index contributed by atoms with van der Waals surface area (Å²) in [5.41, 5.74) is 3.03. The van der Waals surface area contributed by atoms with Gasteiger partial charge in [-0.25, -0.2) is 14.0 Å². The molecule has 1 N–H and O–H groups in total. The highest BCUT2D eigenvalue weighted by Crippen LogP contribution is 2.45. The monoisotopic (exact) mass is 561 g/mol. The number of esters is 1. The number of nitrogens with zero attached hydrogens (tertiary/aromatic N) is 4. The van der Waals surface area contributed by atoms with Crippen LogP contribution in [0.5, 0.6) is 0 Å². The highest BCUT2D eigenvalue weighted by Gasteiger charge is 2.39. The van der Waals surface area contributed by atoms with Crippen molar-refractivity contribution >= 4 is 17.6 Å². The molecule has 0 amide bonds. The topological polar surface area (TPSA) is 88.9 Å². The Balaban J connectivity index is 1.58. The maximum absolute atomic E-state index is 14.3. The lowest BCUT2D eigenvalue weighted by atomic mass is 9.81. The molecule has 1 atom stereocenters. The molecule has 41 heavy (non-hydrogen) atoms. The van der Waals surface area contributed by atoms with Crippen LogP contribution in [-0.2, 0) is 27.4 Å². The average Bonchev–Trinajstić information content (AvgIpc) is 2.98. The number of hydrogen-bond donors (Lipinski definition) is 1. The Kier molecular flexibility index (Phi) is 8.80. The van der Waals surface area contributed by atoms with E-state index in [0.717, 1.165) is 11.1 Å². The van der Waals surface area contributed by atoms with Crippen LogP contribution in [0.1, 0.15) is 36.5 Å². The van der Waals surface area contributed by atoms with Crippen LogP contribution in [0.15, 0.2) is 70.7 Å². The molecule has 3 heterocycles. The Morgan fingerprint density at radius 3 is 2.46 bits per heavy atom. The van der Waals surface area contributed by atoms with Crippen molar-refractivity contribution in [3.63, 3.8) is 0 Å². The number of rotatable bonds is 9. The van der Waals surface area contributed by atoms with Gasteiger partial charge in [0.05, 0.1) is 31.2 Å². The molecule has 10 heteroatoms. The van der Waals surface area contributed by atoms with Crippen molar-refractivity contribution in [2.45, 2.75) is 32.9 Å². The van der Waals surface area contributed by atoms with E-state index in [0.29, 0.717) is 74.3 Å². The first-order chi connectivity index (χ1) is 19.9.